The summed E-state index contributed by atoms with van der Waals surface area (Å²) in [6, 6.07) is 20.1. The SMILES string of the molecule is Cn1c(=O)c(C/C=C/c2ccccc2)cc2ccccc21. The minimum atomic E-state index is 0.0754. The van der Waals surface area contributed by atoms with E-state index in [-0.39, 0.29) is 5.56 Å². The van der Waals surface area contributed by atoms with Gasteiger partial charge in [0.05, 0.1) is 5.52 Å². The maximum atomic E-state index is 12.4. The molecule has 2 nitrogen and oxygen atoms in total. The molecule has 0 spiro atoms. The Balaban J connectivity index is 1.93. The van der Waals surface area contributed by atoms with Gasteiger partial charge in [0.15, 0.2) is 0 Å². The summed E-state index contributed by atoms with van der Waals surface area (Å²) in [7, 11) is 1.83. The van der Waals surface area contributed by atoms with Crippen LogP contribution >= 0.6 is 0 Å². The highest BCUT2D eigenvalue weighted by molar-refractivity contribution is 5.79. The largest absolute Gasteiger partial charge is 0.311 e. The lowest BCUT2D eigenvalue weighted by Crippen LogP contribution is -2.20. The summed E-state index contributed by atoms with van der Waals surface area (Å²) < 4.78 is 1.72. The van der Waals surface area contributed by atoms with Gasteiger partial charge < -0.3 is 4.57 Å². The molecular formula is C19H17NO. The summed E-state index contributed by atoms with van der Waals surface area (Å²) in [5.41, 5.74) is 3.02. The van der Waals surface area contributed by atoms with Crippen molar-refractivity contribution in [1.29, 1.82) is 0 Å². The molecule has 0 bridgehead atoms. The van der Waals surface area contributed by atoms with Crippen molar-refractivity contribution in [2.45, 2.75) is 6.42 Å². The predicted octanol–water partition coefficient (Wildman–Crippen LogP) is 3.79. The Labute approximate surface area is 124 Å². The van der Waals surface area contributed by atoms with Crippen LogP contribution in [0.3, 0.4) is 0 Å². The topological polar surface area (TPSA) is 22.0 Å². The molecule has 0 amide bonds. The second-order valence-corrected chi connectivity index (χ2v) is 5.11. The molecule has 0 unspecified atom stereocenters. The maximum Gasteiger partial charge on any atom is 0.254 e. The van der Waals surface area contributed by atoms with Crippen molar-refractivity contribution in [3.63, 3.8) is 0 Å². The van der Waals surface area contributed by atoms with E-state index < -0.39 is 0 Å². The molecule has 0 atom stereocenters. The molecule has 3 rings (SSSR count). The van der Waals surface area contributed by atoms with Crippen molar-refractivity contribution in [1.82, 2.24) is 4.57 Å². The lowest BCUT2D eigenvalue weighted by atomic mass is 10.1. The fourth-order valence-electron chi connectivity index (χ4n) is 2.52. The van der Waals surface area contributed by atoms with E-state index in [9.17, 15) is 4.79 Å². The third-order valence-corrected chi connectivity index (χ3v) is 3.65. The number of rotatable bonds is 3. The number of para-hydroxylation sites is 1. The van der Waals surface area contributed by atoms with Gasteiger partial charge in [-0.25, -0.2) is 0 Å². The molecule has 1 heterocycles. The number of aromatic nitrogens is 1. The van der Waals surface area contributed by atoms with Gasteiger partial charge in [-0.05, 0) is 29.5 Å². The molecule has 0 N–H and O–H groups in total. The zero-order chi connectivity index (χ0) is 14.7. The Morgan fingerprint density at radius 1 is 1.00 bits per heavy atom. The summed E-state index contributed by atoms with van der Waals surface area (Å²) in [4.78, 5) is 12.4. The van der Waals surface area contributed by atoms with Gasteiger partial charge in [-0.2, -0.15) is 0 Å². The van der Waals surface area contributed by atoms with Crippen LogP contribution in [-0.2, 0) is 13.5 Å². The van der Waals surface area contributed by atoms with Crippen molar-refractivity contribution in [2.24, 2.45) is 7.05 Å². The Morgan fingerprint density at radius 2 is 1.71 bits per heavy atom. The number of nitrogens with zero attached hydrogens (tertiary/aromatic N) is 1. The molecule has 0 fully saturated rings. The van der Waals surface area contributed by atoms with E-state index in [4.69, 9.17) is 0 Å². The number of hydrogen-bond acceptors (Lipinski definition) is 1. The van der Waals surface area contributed by atoms with Gasteiger partial charge in [0.2, 0.25) is 0 Å². The van der Waals surface area contributed by atoms with E-state index in [0.717, 1.165) is 22.0 Å². The van der Waals surface area contributed by atoms with Crippen LogP contribution in [0.4, 0.5) is 0 Å². The van der Waals surface area contributed by atoms with Gasteiger partial charge in [-0.1, -0.05) is 60.7 Å². The molecule has 2 aromatic carbocycles. The van der Waals surface area contributed by atoms with Gasteiger partial charge in [-0.15, -0.1) is 0 Å². The first-order chi connectivity index (χ1) is 10.3. The fraction of sp³-hybridized carbons (Fsp3) is 0.105. The fourth-order valence-corrected chi connectivity index (χ4v) is 2.52. The van der Waals surface area contributed by atoms with E-state index >= 15 is 0 Å². The third-order valence-electron chi connectivity index (χ3n) is 3.65. The Morgan fingerprint density at radius 3 is 2.52 bits per heavy atom. The summed E-state index contributed by atoms with van der Waals surface area (Å²) >= 11 is 0. The lowest BCUT2D eigenvalue weighted by molar-refractivity contribution is 0.885. The zero-order valence-electron chi connectivity index (χ0n) is 12.0. The van der Waals surface area contributed by atoms with Gasteiger partial charge in [0, 0.05) is 12.6 Å². The normalized spacial score (nSPS) is 11.3. The molecular weight excluding hydrogens is 258 g/mol. The smallest absolute Gasteiger partial charge is 0.254 e. The second kappa shape index (κ2) is 5.80. The first kappa shape index (κ1) is 13.4. The van der Waals surface area contributed by atoms with Crippen LogP contribution < -0.4 is 5.56 Å². The van der Waals surface area contributed by atoms with Crippen LogP contribution in [0.1, 0.15) is 11.1 Å². The highest BCUT2D eigenvalue weighted by Gasteiger charge is 2.04. The van der Waals surface area contributed by atoms with Crippen molar-refractivity contribution in [3.8, 4) is 0 Å². The maximum absolute atomic E-state index is 12.4. The average Bonchev–Trinajstić information content (AvgIpc) is 2.53. The third kappa shape index (κ3) is 2.79. The van der Waals surface area contributed by atoms with Gasteiger partial charge in [0.25, 0.3) is 5.56 Å². The van der Waals surface area contributed by atoms with Crippen LogP contribution in [0.15, 0.2) is 71.5 Å². The highest BCUT2D eigenvalue weighted by atomic mass is 16.1. The molecule has 21 heavy (non-hydrogen) atoms. The van der Waals surface area contributed by atoms with Crippen LogP contribution in [0.5, 0.6) is 0 Å². The molecule has 0 saturated carbocycles. The number of hydrogen-bond donors (Lipinski definition) is 0. The van der Waals surface area contributed by atoms with E-state index in [2.05, 4.69) is 18.2 Å². The van der Waals surface area contributed by atoms with Gasteiger partial charge in [0.1, 0.15) is 0 Å². The number of aryl methyl sites for hydroxylation is 1. The molecule has 1 aromatic heterocycles. The van der Waals surface area contributed by atoms with Gasteiger partial charge >= 0.3 is 0 Å². The monoisotopic (exact) mass is 275 g/mol. The van der Waals surface area contributed by atoms with Crippen molar-refractivity contribution in [3.05, 3.63) is 88.2 Å². The number of pyridine rings is 1. The Kier molecular flexibility index (Phi) is 3.69. The number of fused-ring (bicyclic) bond motifs is 1. The Bertz CT molecular complexity index is 844. The van der Waals surface area contributed by atoms with Crippen LogP contribution in [-0.4, -0.2) is 4.57 Å². The van der Waals surface area contributed by atoms with E-state index in [1.54, 1.807) is 4.57 Å². The minimum absolute atomic E-state index is 0.0754. The summed E-state index contributed by atoms with van der Waals surface area (Å²) in [6.07, 6.45) is 4.74. The predicted molar refractivity (Wildman–Crippen MR) is 88.4 cm³/mol. The molecule has 0 saturated heterocycles. The first-order valence-corrected chi connectivity index (χ1v) is 7.05. The van der Waals surface area contributed by atoms with E-state index in [0.29, 0.717) is 6.42 Å². The van der Waals surface area contributed by atoms with Crippen LogP contribution in [0.25, 0.3) is 17.0 Å². The summed E-state index contributed by atoms with van der Waals surface area (Å²) in [6.45, 7) is 0. The molecule has 2 heteroatoms. The molecule has 0 aliphatic heterocycles. The van der Waals surface area contributed by atoms with Crippen LogP contribution in [0, 0.1) is 0 Å². The summed E-state index contributed by atoms with van der Waals surface area (Å²) in [5, 5.41) is 1.10. The van der Waals surface area contributed by atoms with Crippen molar-refractivity contribution < 1.29 is 0 Å². The zero-order valence-corrected chi connectivity index (χ0v) is 12.0. The summed E-state index contributed by atoms with van der Waals surface area (Å²) in [5.74, 6) is 0. The second-order valence-electron chi connectivity index (χ2n) is 5.11. The van der Waals surface area contributed by atoms with Crippen LogP contribution in [0.2, 0.25) is 0 Å². The van der Waals surface area contributed by atoms with Gasteiger partial charge in [-0.3, -0.25) is 4.79 Å². The molecule has 0 radical (unpaired) electrons. The first-order valence-electron chi connectivity index (χ1n) is 7.05. The lowest BCUT2D eigenvalue weighted by Gasteiger charge is -2.07. The molecule has 3 aromatic rings. The van der Waals surface area contributed by atoms with Crippen molar-refractivity contribution >= 4 is 17.0 Å². The van der Waals surface area contributed by atoms with Crippen molar-refractivity contribution in [2.75, 3.05) is 0 Å². The molecule has 0 aliphatic rings. The average molecular weight is 275 g/mol. The van der Waals surface area contributed by atoms with E-state index in [1.807, 2.05) is 61.7 Å². The molecule has 0 aliphatic carbocycles. The van der Waals surface area contributed by atoms with E-state index in [1.165, 1.54) is 0 Å². The Hall–Kier alpha value is -2.61. The quantitative estimate of drug-likeness (QED) is 0.712. The number of allylic oxidation sites excluding steroid dienone is 1. The molecule has 104 valence electrons. The highest BCUT2D eigenvalue weighted by Crippen LogP contribution is 2.13. The standard InChI is InChI=1S/C19H17NO/c1-20-18-13-6-5-11-16(18)14-17(19(20)21)12-7-10-15-8-3-2-4-9-15/h2-11,13-14H,12H2,1H3/b10-7+. The number of benzene rings is 2. The minimum Gasteiger partial charge on any atom is -0.311 e.